The van der Waals surface area contributed by atoms with Gasteiger partial charge in [0.2, 0.25) is 0 Å². The van der Waals surface area contributed by atoms with E-state index in [0.717, 1.165) is 38.0 Å². The van der Waals surface area contributed by atoms with E-state index in [1.807, 2.05) is 18.2 Å². The van der Waals surface area contributed by atoms with Crippen molar-refractivity contribution in [3.05, 3.63) is 107 Å². The second-order valence-corrected chi connectivity index (χ2v) is 9.77. The van der Waals surface area contributed by atoms with Crippen LogP contribution in [-0.4, -0.2) is 9.97 Å². The molecule has 1 aliphatic carbocycles. The van der Waals surface area contributed by atoms with E-state index in [2.05, 4.69) is 103 Å². The van der Waals surface area contributed by atoms with Crippen molar-refractivity contribution in [2.24, 2.45) is 0 Å². The summed E-state index contributed by atoms with van der Waals surface area (Å²) in [5, 5.41) is 1.07. The first-order valence-electron chi connectivity index (χ1n) is 10.8. The van der Waals surface area contributed by atoms with Crippen LogP contribution < -0.4 is 0 Å². The molecule has 0 N–H and O–H groups in total. The number of aromatic nitrogens is 2. The van der Waals surface area contributed by atoms with Crippen molar-refractivity contribution in [2.75, 3.05) is 0 Å². The molecule has 0 amide bonds. The molecule has 32 heavy (non-hydrogen) atoms. The van der Waals surface area contributed by atoms with Crippen LogP contribution >= 0.6 is 15.9 Å². The number of benzene rings is 4. The lowest BCUT2D eigenvalue weighted by Crippen LogP contribution is -2.14. The lowest BCUT2D eigenvalue weighted by atomic mass is 9.82. The minimum Gasteiger partial charge on any atom is -0.228 e. The highest BCUT2D eigenvalue weighted by molar-refractivity contribution is 9.10. The Morgan fingerprint density at radius 1 is 0.656 bits per heavy atom. The van der Waals surface area contributed by atoms with Crippen LogP contribution in [-0.2, 0) is 5.41 Å². The van der Waals surface area contributed by atoms with E-state index in [4.69, 9.17) is 9.97 Å². The summed E-state index contributed by atoms with van der Waals surface area (Å²) < 4.78 is 1.02. The maximum absolute atomic E-state index is 5.07. The van der Waals surface area contributed by atoms with Crippen LogP contribution in [0.15, 0.2) is 95.5 Å². The van der Waals surface area contributed by atoms with Gasteiger partial charge in [-0.25, -0.2) is 9.97 Å². The van der Waals surface area contributed by atoms with Gasteiger partial charge < -0.3 is 0 Å². The molecule has 0 atom stereocenters. The minimum atomic E-state index is -0.0438. The number of hydrogen-bond acceptors (Lipinski definition) is 2. The molecule has 1 aromatic heterocycles. The van der Waals surface area contributed by atoms with Crippen LogP contribution in [0.3, 0.4) is 0 Å². The molecule has 6 rings (SSSR count). The van der Waals surface area contributed by atoms with Crippen molar-refractivity contribution in [1.82, 2.24) is 9.97 Å². The highest BCUT2D eigenvalue weighted by atomic mass is 79.9. The van der Waals surface area contributed by atoms with Crippen LogP contribution in [0.2, 0.25) is 0 Å². The largest absolute Gasteiger partial charge is 0.228 e. The standard InChI is InChI=1S/C29H21BrN2/c1-29(2)24-12-5-3-10-21(24)22-15-14-18(17-25(22)29)27-23-11-4-6-13-26(23)31-28(32-27)19-8-7-9-20(30)16-19/h3-17H,1-2H3. The van der Waals surface area contributed by atoms with Crippen molar-refractivity contribution in [3.63, 3.8) is 0 Å². The summed E-state index contributed by atoms with van der Waals surface area (Å²) in [4.78, 5) is 9.95. The van der Waals surface area contributed by atoms with Gasteiger partial charge in [0.1, 0.15) is 0 Å². The van der Waals surface area contributed by atoms with Gasteiger partial charge in [0.25, 0.3) is 0 Å². The third kappa shape index (κ3) is 2.92. The van der Waals surface area contributed by atoms with Crippen LogP contribution in [0.4, 0.5) is 0 Å². The van der Waals surface area contributed by atoms with Gasteiger partial charge in [-0.05, 0) is 46.5 Å². The summed E-state index contributed by atoms with van der Waals surface area (Å²) >= 11 is 3.58. The van der Waals surface area contributed by atoms with Gasteiger partial charge in [-0.15, -0.1) is 0 Å². The summed E-state index contributed by atoms with van der Waals surface area (Å²) in [6.45, 7) is 4.62. The zero-order valence-corrected chi connectivity index (χ0v) is 19.5. The Bertz CT molecular complexity index is 1520. The molecule has 154 valence electrons. The number of halogens is 1. The smallest absolute Gasteiger partial charge is 0.160 e. The van der Waals surface area contributed by atoms with Crippen LogP contribution in [0, 0.1) is 0 Å². The molecule has 1 aliphatic rings. The van der Waals surface area contributed by atoms with E-state index in [1.165, 1.54) is 22.3 Å². The van der Waals surface area contributed by atoms with Gasteiger partial charge in [0.15, 0.2) is 5.82 Å². The average Bonchev–Trinajstić information content (AvgIpc) is 3.05. The first-order valence-corrected chi connectivity index (χ1v) is 11.6. The third-order valence-electron chi connectivity index (χ3n) is 6.54. The molecule has 3 heteroatoms. The van der Waals surface area contributed by atoms with E-state index >= 15 is 0 Å². The monoisotopic (exact) mass is 476 g/mol. The second kappa shape index (κ2) is 7.11. The fourth-order valence-corrected chi connectivity index (χ4v) is 5.30. The van der Waals surface area contributed by atoms with E-state index in [0.29, 0.717) is 0 Å². The van der Waals surface area contributed by atoms with Crippen molar-refractivity contribution in [2.45, 2.75) is 19.3 Å². The Labute approximate surface area is 196 Å². The fourth-order valence-electron chi connectivity index (χ4n) is 4.90. The van der Waals surface area contributed by atoms with Gasteiger partial charge in [-0.2, -0.15) is 0 Å². The van der Waals surface area contributed by atoms with Gasteiger partial charge in [0, 0.05) is 26.4 Å². The molecule has 0 fully saturated rings. The summed E-state index contributed by atoms with van der Waals surface area (Å²) in [5.74, 6) is 0.739. The van der Waals surface area contributed by atoms with Crippen molar-refractivity contribution < 1.29 is 0 Å². The lowest BCUT2D eigenvalue weighted by molar-refractivity contribution is 0.660. The molecule has 5 aromatic rings. The highest BCUT2D eigenvalue weighted by Gasteiger charge is 2.35. The Morgan fingerprint density at radius 2 is 1.44 bits per heavy atom. The highest BCUT2D eigenvalue weighted by Crippen LogP contribution is 2.49. The molecule has 4 aromatic carbocycles. The van der Waals surface area contributed by atoms with Crippen molar-refractivity contribution in [1.29, 1.82) is 0 Å². The molecule has 0 unspecified atom stereocenters. The summed E-state index contributed by atoms with van der Waals surface area (Å²) in [7, 11) is 0. The summed E-state index contributed by atoms with van der Waals surface area (Å²) in [6.07, 6.45) is 0. The maximum atomic E-state index is 5.07. The average molecular weight is 477 g/mol. The number of para-hydroxylation sites is 1. The quantitative estimate of drug-likeness (QED) is 0.257. The molecule has 1 heterocycles. The molecule has 0 saturated carbocycles. The number of hydrogen-bond donors (Lipinski definition) is 0. The zero-order valence-electron chi connectivity index (χ0n) is 17.9. The van der Waals surface area contributed by atoms with Crippen LogP contribution in [0.1, 0.15) is 25.0 Å². The minimum absolute atomic E-state index is 0.0438. The molecular weight excluding hydrogens is 456 g/mol. The van der Waals surface area contributed by atoms with Gasteiger partial charge in [-0.3, -0.25) is 0 Å². The predicted octanol–water partition coefficient (Wildman–Crippen LogP) is 8.03. The predicted molar refractivity (Wildman–Crippen MR) is 136 cm³/mol. The molecule has 0 aliphatic heterocycles. The van der Waals surface area contributed by atoms with E-state index in [1.54, 1.807) is 0 Å². The second-order valence-electron chi connectivity index (χ2n) is 8.85. The third-order valence-corrected chi connectivity index (χ3v) is 7.04. The maximum Gasteiger partial charge on any atom is 0.160 e. The Kier molecular flexibility index (Phi) is 4.31. The molecular formula is C29H21BrN2. The normalized spacial score (nSPS) is 13.7. The first kappa shape index (κ1) is 19.4. The summed E-state index contributed by atoms with van der Waals surface area (Å²) in [5.41, 5.74) is 9.40. The van der Waals surface area contributed by atoms with Crippen LogP contribution in [0.5, 0.6) is 0 Å². The van der Waals surface area contributed by atoms with E-state index < -0.39 is 0 Å². The Morgan fingerprint density at radius 3 is 2.31 bits per heavy atom. The Hall–Kier alpha value is -3.30. The van der Waals surface area contributed by atoms with Gasteiger partial charge >= 0.3 is 0 Å². The molecule has 0 saturated heterocycles. The molecule has 0 radical (unpaired) electrons. The zero-order chi connectivity index (χ0) is 21.9. The van der Waals surface area contributed by atoms with E-state index in [9.17, 15) is 0 Å². The van der Waals surface area contributed by atoms with Gasteiger partial charge in [0.05, 0.1) is 11.2 Å². The van der Waals surface area contributed by atoms with Crippen molar-refractivity contribution >= 4 is 26.8 Å². The van der Waals surface area contributed by atoms with Gasteiger partial charge in [-0.1, -0.05) is 96.5 Å². The lowest BCUT2D eigenvalue weighted by Gasteiger charge is -2.22. The molecule has 0 spiro atoms. The Balaban J connectivity index is 1.59. The first-order chi connectivity index (χ1) is 15.5. The number of fused-ring (bicyclic) bond motifs is 4. The number of rotatable bonds is 2. The fraction of sp³-hybridized carbons (Fsp3) is 0.103. The van der Waals surface area contributed by atoms with Crippen molar-refractivity contribution in [3.8, 4) is 33.8 Å². The van der Waals surface area contributed by atoms with Crippen LogP contribution in [0.25, 0.3) is 44.7 Å². The topological polar surface area (TPSA) is 25.8 Å². The summed E-state index contributed by atoms with van der Waals surface area (Å²) in [6, 6.07) is 32.0. The van der Waals surface area contributed by atoms with E-state index in [-0.39, 0.29) is 5.41 Å². The molecule has 0 bridgehead atoms. The molecule has 2 nitrogen and oxygen atoms in total. The number of nitrogens with zero attached hydrogens (tertiary/aromatic N) is 2. The SMILES string of the molecule is CC1(C)c2ccccc2-c2ccc(-c3nc(-c4cccc(Br)c4)nc4ccccc34)cc21.